The minimum absolute atomic E-state index is 0.0489. The highest BCUT2D eigenvalue weighted by molar-refractivity contribution is 5.95. The van der Waals surface area contributed by atoms with Gasteiger partial charge in [-0.25, -0.2) is 4.98 Å². The van der Waals surface area contributed by atoms with Gasteiger partial charge in [0.1, 0.15) is 18.2 Å². The minimum atomic E-state index is 0.0489. The summed E-state index contributed by atoms with van der Waals surface area (Å²) in [7, 11) is 0. The predicted molar refractivity (Wildman–Crippen MR) is 122 cm³/mol. The first kappa shape index (κ1) is 19.4. The number of amides is 1. The number of hydrogen-bond acceptors (Lipinski definition) is 3. The van der Waals surface area contributed by atoms with Crippen LogP contribution in [0.5, 0.6) is 5.75 Å². The Balaban J connectivity index is 1.47. The van der Waals surface area contributed by atoms with Crippen molar-refractivity contribution in [3.8, 4) is 16.9 Å². The molecule has 156 valence electrons. The van der Waals surface area contributed by atoms with Gasteiger partial charge in [0.05, 0.1) is 17.6 Å². The van der Waals surface area contributed by atoms with Gasteiger partial charge < -0.3 is 14.6 Å². The summed E-state index contributed by atoms with van der Waals surface area (Å²) in [6.07, 6.45) is 0. The zero-order valence-electron chi connectivity index (χ0n) is 18.0. The number of nitrogens with one attached hydrogen (secondary N) is 1. The number of H-pyrrole nitrogens is 1. The SMILES string of the molecule is Cc1ccc(C(=O)N2CCOc3ccc(-c4ccc5[nH]c(C)nc5c4)cc3C2)c(C)c1. The third-order valence-electron chi connectivity index (χ3n) is 5.87. The van der Waals surface area contributed by atoms with E-state index in [1.165, 1.54) is 0 Å². The molecule has 0 unspecified atom stereocenters. The number of rotatable bonds is 2. The van der Waals surface area contributed by atoms with E-state index in [-0.39, 0.29) is 5.91 Å². The number of imidazole rings is 1. The fourth-order valence-electron chi connectivity index (χ4n) is 4.28. The van der Waals surface area contributed by atoms with Crippen molar-refractivity contribution in [2.75, 3.05) is 13.2 Å². The Morgan fingerprint density at radius 3 is 2.65 bits per heavy atom. The van der Waals surface area contributed by atoms with Crippen LogP contribution in [0.1, 0.15) is 32.9 Å². The molecular weight excluding hydrogens is 386 g/mol. The van der Waals surface area contributed by atoms with Gasteiger partial charge in [0.25, 0.3) is 5.91 Å². The van der Waals surface area contributed by atoms with Crippen LogP contribution >= 0.6 is 0 Å². The van der Waals surface area contributed by atoms with Gasteiger partial charge >= 0.3 is 0 Å². The molecule has 0 saturated heterocycles. The van der Waals surface area contributed by atoms with E-state index in [1.54, 1.807) is 0 Å². The van der Waals surface area contributed by atoms with Crippen LogP contribution in [0.3, 0.4) is 0 Å². The first-order valence-corrected chi connectivity index (χ1v) is 10.6. The van der Waals surface area contributed by atoms with Crippen LogP contribution in [0.4, 0.5) is 0 Å². The van der Waals surface area contributed by atoms with Gasteiger partial charge in [0, 0.05) is 17.7 Å². The van der Waals surface area contributed by atoms with E-state index in [1.807, 2.05) is 43.9 Å². The zero-order valence-corrected chi connectivity index (χ0v) is 18.0. The number of aryl methyl sites for hydroxylation is 3. The van der Waals surface area contributed by atoms with Crippen LogP contribution in [-0.2, 0) is 6.54 Å². The molecular formula is C26H25N3O2. The molecule has 1 amide bonds. The lowest BCUT2D eigenvalue weighted by Gasteiger charge is -2.21. The molecule has 0 spiro atoms. The largest absolute Gasteiger partial charge is 0.491 e. The Kier molecular flexibility index (Phi) is 4.74. The Morgan fingerprint density at radius 2 is 1.81 bits per heavy atom. The Morgan fingerprint density at radius 1 is 1.00 bits per heavy atom. The average molecular weight is 412 g/mol. The van der Waals surface area contributed by atoms with Gasteiger partial charge in [0.2, 0.25) is 0 Å². The average Bonchev–Trinajstić information content (AvgIpc) is 2.98. The van der Waals surface area contributed by atoms with Crippen LogP contribution in [0, 0.1) is 20.8 Å². The van der Waals surface area contributed by atoms with Gasteiger partial charge in [-0.3, -0.25) is 4.79 Å². The van der Waals surface area contributed by atoms with Crippen LogP contribution < -0.4 is 4.74 Å². The topological polar surface area (TPSA) is 58.2 Å². The highest BCUT2D eigenvalue weighted by Gasteiger charge is 2.22. The number of carbonyl (C=O) groups is 1. The summed E-state index contributed by atoms with van der Waals surface area (Å²) in [6.45, 7) is 7.57. The van der Waals surface area contributed by atoms with Crippen molar-refractivity contribution in [3.63, 3.8) is 0 Å². The monoisotopic (exact) mass is 411 g/mol. The van der Waals surface area contributed by atoms with E-state index in [0.29, 0.717) is 19.7 Å². The molecule has 0 bridgehead atoms. The zero-order chi connectivity index (χ0) is 21.5. The Bertz CT molecular complexity index is 1310. The quantitative estimate of drug-likeness (QED) is 0.494. The maximum absolute atomic E-state index is 13.3. The summed E-state index contributed by atoms with van der Waals surface area (Å²) in [5.41, 5.74) is 8.11. The van der Waals surface area contributed by atoms with Crippen LogP contribution in [-0.4, -0.2) is 33.9 Å². The maximum Gasteiger partial charge on any atom is 0.254 e. The van der Waals surface area contributed by atoms with Crippen molar-refractivity contribution in [3.05, 3.63) is 82.7 Å². The second kappa shape index (κ2) is 7.58. The number of hydrogen-bond donors (Lipinski definition) is 1. The van der Waals surface area contributed by atoms with Crippen LogP contribution in [0.15, 0.2) is 54.6 Å². The molecule has 1 aromatic heterocycles. The fourth-order valence-corrected chi connectivity index (χ4v) is 4.28. The molecule has 4 aromatic rings. The van der Waals surface area contributed by atoms with Crippen molar-refractivity contribution >= 4 is 16.9 Å². The standard InChI is InChI=1S/C26H25N3O2/c1-16-4-7-22(17(2)12-16)26(30)29-10-11-31-25-9-6-19(13-21(25)15-29)20-5-8-23-24(14-20)28-18(3)27-23/h4-9,12-14H,10-11,15H2,1-3H3,(H,27,28). The molecule has 1 N–H and O–H groups in total. The summed E-state index contributed by atoms with van der Waals surface area (Å²) in [4.78, 5) is 23.0. The van der Waals surface area contributed by atoms with Crippen molar-refractivity contribution < 1.29 is 9.53 Å². The number of fused-ring (bicyclic) bond motifs is 2. The van der Waals surface area contributed by atoms with E-state index in [9.17, 15) is 4.79 Å². The molecule has 0 saturated carbocycles. The number of carbonyl (C=O) groups excluding carboxylic acids is 1. The summed E-state index contributed by atoms with van der Waals surface area (Å²) in [5.74, 6) is 1.80. The highest BCUT2D eigenvalue weighted by Crippen LogP contribution is 2.31. The van der Waals surface area contributed by atoms with Gasteiger partial charge in [0.15, 0.2) is 0 Å². The first-order valence-electron chi connectivity index (χ1n) is 10.6. The summed E-state index contributed by atoms with van der Waals surface area (Å²) in [6, 6.07) is 18.4. The number of aromatic amines is 1. The lowest BCUT2D eigenvalue weighted by atomic mass is 10.0. The molecule has 1 aliphatic heterocycles. The molecule has 3 aromatic carbocycles. The molecule has 0 radical (unpaired) electrons. The molecule has 1 aliphatic rings. The maximum atomic E-state index is 13.3. The molecule has 5 heteroatoms. The third kappa shape index (κ3) is 3.67. The predicted octanol–water partition coefficient (Wildman–Crippen LogP) is 5.19. The number of benzene rings is 3. The van der Waals surface area contributed by atoms with Gasteiger partial charge in [-0.15, -0.1) is 0 Å². The molecule has 0 aliphatic carbocycles. The van der Waals surface area contributed by atoms with E-state index in [4.69, 9.17) is 4.74 Å². The molecule has 5 nitrogen and oxygen atoms in total. The molecule has 5 rings (SSSR count). The second-order valence-electron chi connectivity index (χ2n) is 8.27. The molecule has 2 heterocycles. The van der Waals surface area contributed by atoms with Crippen molar-refractivity contribution in [2.45, 2.75) is 27.3 Å². The number of nitrogens with zero attached hydrogens (tertiary/aromatic N) is 2. The Hall–Kier alpha value is -3.60. The summed E-state index contributed by atoms with van der Waals surface area (Å²) < 4.78 is 5.97. The van der Waals surface area contributed by atoms with Crippen molar-refractivity contribution in [1.82, 2.24) is 14.9 Å². The number of ether oxygens (including phenoxy) is 1. The van der Waals surface area contributed by atoms with Gasteiger partial charge in [-0.2, -0.15) is 0 Å². The van der Waals surface area contributed by atoms with Gasteiger partial charge in [-0.05, 0) is 67.8 Å². The summed E-state index contributed by atoms with van der Waals surface area (Å²) >= 11 is 0. The summed E-state index contributed by atoms with van der Waals surface area (Å²) in [5, 5.41) is 0. The van der Waals surface area contributed by atoms with Crippen LogP contribution in [0.25, 0.3) is 22.2 Å². The number of aromatic nitrogens is 2. The smallest absolute Gasteiger partial charge is 0.254 e. The van der Waals surface area contributed by atoms with E-state index in [0.717, 1.165) is 56.0 Å². The minimum Gasteiger partial charge on any atom is -0.491 e. The second-order valence-corrected chi connectivity index (χ2v) is 8.27. The third-order valence-corrected chi connectivity index (χ3v) is 5.87. The van der Waals surface area contributed by atoms with E-state index >= 15 is 0 Å². The van der Waals surface area contributed by atoms with Gasteiger partial charge in [-0.1, -0.05) is 29.8 Å². The van der Waals surface area contributed by atoms with E-state index in [2.05, 4.69) is 46.4 Å². The normalized spacial score (nSPS) is 13.6. The van der Waals surface area contributed by atoms with Crippen molar-refractivity contribution in [1.29, 1.82) is 0 Å². The first-order chi connectivity index (χ1) is 15.0. The molecule has 31 heavy (non-hydrogen) atoms. The van der Waals surface area contributed by atoms with Crippen LogP contribution in [0.2, 0.25) is 0 Å². The lowest BCUT2D eigenvalue weighted by Crippen LogP contribution is -2.32. The Labute approximate surface area is 181 Å². The fraction of sp³-hybridized carbons (Fsp3) is 0.231. The molecule has 0 atom stereocenters. The van der Waals surface area contributed by atoms with E-state index < -0.39 is 0 Å². The lowest BCUT2D eigenvalue weighted by molar-refractivity contribution is 0.0732. The molecule has 0 fully saturated rings. The van der Waals surface area contributed by atoms with Crippen molar-refractivity contribution in [2.24, 2.45) is 0 Å². The highest BCUT2D eigenvalue weighted by atomic mass is 16.5.